The summed E-state index contributed by atoms with van der Waals surface area (Å²) in [6.45, 7) is 9.03. The fourth-order valence-corrected chi connectivity index (χ4v) is 2.49. The molecule has 0 aromatic heterocycles. The highest BCUT2D eigenvalue weighted by Crippen LogP contribution is 2.25. The maximum Gasteiger partial charge on any atom is 0.273 e. The lowest BCUT2D eigenvalue weighted by Crippen LogP contribution is -2.38. The average Bonchev–Trinajstić information content (AvgIpc) is 2.38. The summed E-state index contributed by atoms with van der Waals surface area (Å²) in [4.78, 5) is 13.0. The highest BCUT2D eigenvalue weighted by molar-refractivity contribution is 6.30. The van der Waals surface area contributed by atoms with Crippen molar-refractivity contribution in [2.75, 3.05) is 19.6 Å². The van der Waals surface area contributed by atoms with Crippen molar-refractivity contribution in [3.63, 3.8) is 0 Å². The highest BCUT2D eigenvalue weighted by Gasteiger charge is 2.22. The van der Waals surface area contributed by atoms with E-state index in [9.17, 15) is 10.1 Å². The Kier molecular flexibility index (Phi) is 6.58. The molecule has 0 radical (unpaired) electrons. The molecule has 118 valence electrons. The van der Waals surface area contributed by atoms with E-state index in [2.05, 4.69) is 25.7 Å². The maximum absolute atomic E-state index is 11.1. The second kappa shape index (κ2) is 7.73. The standard InChI is InChI=1S/C15H24ClN3O2/c1-4-7-18(11-15(2,3)10-17)9-12-8-13(16)5-6-14(12)19(20)21/h5-6,8H,4,7,9-11,17H2,1-3H3. The van der Waals surface area contributed by atoms with E-state index in [4.69, 9.17) is 17.3 Å². The molecule has 0 atom stereocenters. The van der Waals surface area contributed by atoms with Crippen molar-refractivity contribution in [2.24, 2.45) is 11.1 Å². The van der Waals surface area contributed by atoms with E-state index in [1.807, 2.05) is 0 Å². The van der Waals surface area contributed by atoms with Gasteiger partial charge in [0, 0.05) is 29.7 Å². The minimum absolute atomic E-state index is 0.0253. The molecule has 0 bridgehead atoms. The number of hydrogen-bond acceptors (Lipinski definition) is 4. The van der Waals surface area contributed by atoms with E-state index in [1.54, 1.807) is 12.1 Å². The Labute approximate surface area is 131 Å². The lowest BCUT2D eigenvalue weighted by Gasteiger charge is -2.31. The average molecular weight is 314 g/mol. The van der Waals surface area contributed by atoms with Gasteiger partial charge in [-0.2, -0.15) is 0 Å². The zero-order valence-electron chi connectivity index (χ0n) is 12.9. The van der Waals surface area contributed by atoms with Gasteiger partial charge in [0.2, 0.25) is 0 Å². The molecule has 21 heavy (non-hydrogen) atoms. The van der Waals surface area contributed by atoms with Gasteiger partial charge in [0.15, 0.2) is 0 Å². The van der Waals surface area contributed by atoms with Gasteiger partial charge >= 0.3 is 0 Å². The molecule has 0 aliphatic carbocycles. The van der Waals surface area contributed by atoms with Crippen molar-refractivity contribution in [1.82, 2.24) is 4.90 Å². The summed E-state index contributed by atoms with van der Waals surface area (Å²) in [6, 6.07) is 4.70. The van der Waals surface area contributed by atoms with Crippen LogP contribution in [-0.4, -0.2) is 29.5 Å². The zero-order chi connectivity index (χ0) is 16.0. The predicted molar refractivity (Wildman–Crippen MR) is 86.5 cm³/mol. The van der Waals surface area contributed by atoms with E-state index in [0.29, 0.717) is 23.7 Å². The van der Waals surface area contributed by atoms with Crippen LogP contribution in [0.2, 0.25) is 5.02 Å². The summed E-state index contributed by atoms with van der Waals surface area (Å²) in [5, 5.41) is 11.7. The third-order valence-electron chi connectivity index (χ3n) is 3.38. The number of rotatable bonds is 8. The maximum atomic E-state index is 11.1. The molecule has 1 rings (SSSR count). The molecule has 0 unspecified atom stereocenters. The summed E-state index contributed by atoms with van der Waals surface area (Å²) in [5.74, 6) is 0. The molecule has 0 heterocycles. The van der Waals surface area contributed by atoms with Crippen molar-refractivity contribution in [1.29, 1.82) is 0 Å². The Bertz CT molecular complexity index is 492. The van der Waals surface area contributed by atoms with Gasteiger partial charge in [-0.15, -0.1) is 0 Å². The third kappa shape index (κ3) is 5.61. The van der Waals surface area contributed by atoms with Crippen LogP contribution in [0.1, 0.15) is 32.8 Å². The molecule has 0 amide bonds. The van der Waals surface area contributed by atoms with Gasteiger partial charge in [-0.05, 0) is 37.1 Å². The molecule has 2 N–H and O–H groups in total. The first-order chi connectivity index (χ1) is 9.79. The van der Waals surface area contributed by atoms with Crippen molar-refractivity contribution < 1.29 is 4.92 Å². The van der Waals surface area contributed by atoms with E-state index < -0.39 is 0 Å². The van der Waals surface area contributed by atoms with Crippen LogP contribution in [-0.2, 0) is 6.54 Å². The fourth-order valence-electron chi connectivity index (χ4n) is 2.30. The lowest BCUT2D eigenvalue weighted by atomic mass is 9.92. The Morgan fingerprint density at radius 3 is 2.62 bits per heavy atom. The molecule has 0 fully saturated rings. The van der Waals surface area contributed by atoms with Crippen molar-refractivity contribution in [3.05, 3.63) is 38.9 Å². The minimum atomic E-state index is -0.357. The van der Waals surface area contributed by atoms with Crippen LogP contribution >= 0.6 is 11.6 Å². The number of nitro benzene ring substituents is 1. The largest absolute Gasteiger partial charge is 0.330 e. The van der Waals surface area contributed by atoms with Gasteiger partial charge in [-0.1, -0.05) is 32.4 Å². The summed E-state index contributed by atoms with van der Waals surface area (Å²) in [7, 11) is 0. The summed E-state index contributed by atoms with van der Waals surface area (Å²) in [5.41, 5.74) is 6.53. The van der Waals surface area contributed by atoms with Gasteiger partial charge in [-0.25, -0.2) is 0 Å². The lowest BCUT2D eigenvalue weighted by molar-refractivity contribution is -0.385. The molecule has 1 aromatic carbocycles. The molecule has 6 heteroatoms. The number of nitrogens with zero attached hydrogens (tertiary/aromatic N) is 2. The van der Waals surface area contributed by atoms with E-state index in [0.717, 1.165) is 19.5 Å². The van der Waals surface area contributed by atoms with Crippen molar-refractivity contribution in [2.45, 2.75) is 33.7 Å². The van der Waals surface area contributed by atoms with Crippen LogP contribution < -0.4 is 5.73 Å². The molecule has 5 nitrogen and oxygen atoms in total. The van der Waals surface area contributed by atoms with Crippen molar-refractivity contribution in [3.8, 4) is 0 Å². The Morgan fingerprint density at radius 1 is 1.43 bits per heavy atom. The smallest absolute Gasteiger partial charge is 0.273 e. The topological polar surface area (TPSA) is 72.4 Å². The number of halogens is 1. The van der Waals surface area contributed by atoms with Gasteiger partial charge in [0.1, 0.15) is 0 Å². The van der Waals surface area contributed by atoms with E-state index >= 15 is 0 Å². The first kappa shape index (κ1) is 17.9. The van der Waals surface area contributed by atoms with Crippen LogP contribution in [0.25, 0.3) is 0 Å². The summed E-state index contributed by atoms with van der Waals surface area (Å²) < 4.78 is 0. The quantitative estimate of drug-likeness (QED) is 0.589. The summed E-state index contributed by atoms with van der Waals surface area (Å²) in [6.07, 6.45) is 0.981. The van der Waals surface area contributed by atoms with Crippen LogP contribution in [0, 0.1) is 15.5 Å². The number of nitrogens with two attached hydrogens (primary N) is 1. The van der Waals surface area contributed by atoms with Crippen LogP contribution in [0.5, 0.6) is 0 Å². The van der Waals surface area contributed by atoms with Gasteiger partial charge in [0.05, 0.1) is 4.92 Å². The van der Waals surface area contributed by atoms with Crippen LogP contribution in [0.4, 0.5) is 5.69 Å². The molecule has 0 aliphatic heterocycles. The highest BCUT2D eigenvalue weighted by atomic mass is 35.5. The fraction of sp³-hybridized carbons (Fsp3) is 0.600. The second-order valence-electron chi connectivity index (χ2n) is 6.11. The zero-order valence-corrected chi connectivity index (χ0v) is 13.7. The molecule has 0 aliphatic rings. The normalized spacial score (nSPS) is 11.9. The van der Waals surface area contributed by atoms with E-state index in [-0.39, 0.29) is 16.0 Å². The van der Waals surface area contributed by atoms with Gasteiger partial charge in [-0.3, -0.25) is 15.0 Å². The summed E-state index contributed by atoms with van der Waals surface area (Å²) >= 11 is 5.98. The molecule has 0 spiro atoms. The second-order valence-corrected chi connectivity index (χ2v) is 6.55. The Morgan fingerprint density at radius 2 is 2.10 bits per heavy atom. The van der Waals surface area contributed by atoms with Crippen LogP contribution in [0.3, 0.4) is 0 Å². The number of nitro groups is 1. The SMILES string of the molecule is CCCN(Cc1cc(Cl)ccc1[N+](=O)[O-])CC(C)(C)CN. The monoisotopic (exact) mass is 313 g/mol. The number of hydrogen-bond donors (Lipinski definition) is 1. The van der Waals surface area contributed by atoms with Gasteiger partial charge < -0.3 is 5.73 Å². The first-order valence-corrected chi connectivity index (χ1v) is 7.52. The molecule has 0 saturated heterocycles. The molecular weight excluding hydrogens is 290 g/mol. The molecule has 0 saturated carbocycles. The molecular formula is C15H24ClN3O2. The molecule has 1 aromatic rings. The van der Waals surface area contributed by atoms with E-state index in [1.165, 1.54) is 6.07 Å². The Hall–Kier alpha value is -1.17. The Balaban J connectivity index is 2.98. The van der Waals surface area contributed by atoms with Gasteiger partial charge in [0.25, 0.3) is 5.69 Å². The first-order valence-electron chi connectivity index (χ1n) is 7.14. The predicted octanol–water partition coefficient (Wildman–Crippen LogP) is 3.45. The number of benzene rings is 1. The minimum Gasteiger partial charge on any atom is -0.330 e. The van der Waals surface area contributed by atoms with Crippen LogP contribution in [0.15, 0.2) is 18.2 Å². The third-order valence-corrected chi connectivity index (χ3v) is 3.61. The van der Waals surface area contributed by atoms with Crippen molar-refractivity contribution >= 4 is 17.3 Å².